The number of ether oxygens (including phenoxy) is 1. The Kier molecular flexibility index (Phi) is 8.18. The molecule has 0 aromatic heterocycles. The minimum absolute atomic E-state index is 0.135. The molecule has 7 heteroatoms. The van der Waals surface area contributed by atoms with E-state index < -0.39 is 11.5 Å². The fourth-order valence-corrected chi connectivity index (χ4v) is 1.50. The highest BCUT2D eigenvalue weighted by Crippen LogP contribution is 2.18. The topological polar surface area (TPSA) is 134 Å². The van der Waals surface area contributed by atoms with Crippen molar-refractivity contribution in [1.29, 1.82) is 5.53 Å². The highest BCUT2D eigenvalue weighted by Gasteiger charge is 2.31. The molecule has 0 saturated carbocycles. The molecule has 1 rings (SSSR count). The number of aliphatic hydroxyl groups is 1. The Labute approximate surface area is 124 Å². The lowest BCUT2D eigenvalue weighted by atomic mass is 9.85. The molecule has 1 amide bonds. The summed E-state index contributed by atoms with van der Waals surface area (Å²) in [4.78, 5) is 11.9. The predicted molar refractivity (Wildman–Crippen MR) is 78.3 cm³/mol. The molecule has 0 aliphatic rings. The van der Waals surface area contributed by atoms with E-state index in [1.54, 1.807) is 21.0 Å². The number of rotatable bonds is 6. The van der Waals surface area contributed by atoms with Crippen molar-refractivity contribution in [1.82, 2.24) is 5.32 Å². The molecule has 1 aromatic rings. The van der Waals surface area contributed by atoms with Gasteiger partial charge in [0.2, 0.25) is 5.91 Å². The first-order valence-corrected chi connectivity index (χ1v) is 6.46. The summed E-state index contributed by atoms with van der Waals surface area (Å²) in [6.45, 7) is 3.78. The van der Waals surface area contributed by atoms with Gasteiger partial charge in [-0.2, -0.15) is 5.53 Å². The number of nitrogens with two attached hydrogens (primary N) is 2. The van der Waals surface area contributed by atoms with Gasteiger partial charge >= 0.3 is 0 Å². The molecular formula is C14H25N4O3+. The molecule has 1 aromatic carbocycles. The van der Waals surface area contributed by atoms with Crippen molar-refractivity contribution in [2.24, 2.45) is 11.1 Å². The predicted octanol–water partition coefficient (Wildman–Crippen LogP) is -0.566. The number of carbonyl (C=O) groups excluding carboxylic acids is 1. The molecule has 0 bridgehead atoms. The van der Waals surface area contributed by atoms with Crippen LogP contribution in [0.5, 0.6) is 5.75 Å². The maximum atomic E-state index is 11.9. The molecule has 0 spiro atoms. The van der Waals surface area contributed by atoms with E-state index in [1.807, 2.05) is 24.3 Å². The van der Waals surface area contributed by atoms with Crippen LogP contribution >= 0.6 is 0 Å². The molecule has 118 valence electrons. The number of methoxy groups -OCH3 is 1. The Morgan fingerprint density at radius 3 is 2.38 bits per heavy atom. The second kappa shape index (κ2) is 9.04. The lowest BCUT2D eigenvalue weighted by molar-refractivity contribution is -0.249. The lowest BCUT2D eigenvalue weighted by Crippen LogP contribution is -2.51. The monoisotopic (exact) mass is 297 g/mol. The molecule has 21 heavy (non-hydrogen) atoms. The quantitative estimate of drug-likeness (QED) is 0.450. The first-order valence-electron chi connectivity index (χ1n) is 6.46. The summed E-state index contributed by atoms with van der Waals surface area (Å²) in [5.74, 6) is 0.503. The first kappa shape index (κ1) is 19.0. The van der Waals surface area contributed by atoms with Crippen molar-refractivity contribution in [2.75, 3.05) is 13.7 Å². The Morgan fingerprint density at radius 2 is 1.95 bits per heavy atom. The Hall–Kier alpha value is -1.99. The molecule has 0 unspecified atom stereocenters. The second-order valence-electron chi connectivity index (χ2n) is 5.19. The van der Waals surface area contributed by atoms with Crippen LogP contribution in [0.1, 0.15) is 19.4 Å². The lowest BCUT2D eigenvalue weighted by Gasteiger charge is -2.28. The second-order valence-corrected chi connectivity index (χ2v) is 5.19. The number of aliphatic hydroxyl groups excluding tert-OH is 1. The van der Waals surface area contributed by atoms with E-state index in [0.29, 0.717) is 6.54 Å². The molecule has 7 N–H and O–H groups in total. The molecule has 0 heterocycles. The molecule has 7 nitrogen and oxygen atoms in total. The van der Waals surface area contributed by atoms with E-state index in [9.17, 15) is 9.90 Å². The Bertz CT molecular complexity index is 434. The van der Waals surface area contributed by atoms with Gasteiger partial charge in [0.1, 0.15) is 5.75 Å². The molecular weight excluding hydrogens is 272 g/mol. The van der Waals surface area contributed by atoms with Crippen molar-refractivity contribution in [3.63, 3.8) is 0 Å². The van der Waals surface area contributed by atoms with Crippen LogP contribution in [0.3, 0.4) is 0 Å². The third-order valence-corrected chi connectivity index (χ3v) is 3.16. The number of benzene rings is 1. The smallest absolute Gasteiger partial charge is 0.237 e. The molecule has 0 aliphatic heterocycles. The van der Waals surface area contributed by atoms with Crippen LogP contribution < -0.4 is 21.3 Å². The van der Waals surface area contributed by atoms with E-state index in [4.69, 9.17) is 16.0 Å². The zero-order chi connectivity index (χ0) is 16.5. The van der Waals surface area contributed by atoms with Crippen LogP contribution in [-0.2, 0) is 11.3 Å². The summed E-state index contributed by atoms with van der Waals surface area (Å²) in [7, 11) is 1.60. The minimum atomic E-state index is -0.740. The van der Waals surface area contributed by atoms with Crippen molar-refractivity contribution >= 4 is 5.91 Å². The number of hydrogen-bond donors (Lipinski definition) is 5. The summed E-state index contributed by atoms with van der Waals surface area (Å²) >= 11 is 0. The van der Waals surface area contributed by atoms with Gasteiger partial charge in [0.05, 0.1) is 19.8 Å². The number of hydrogen-bond acceptors (Lipinski definition) is 5. The van der Waals surface area contributed by atoms with Crippen LogP contribution in [0.25, 0.3) is 0 Å². The van der Waals surface area contributed by atoms with Crippen molar-refractivity contribution < 1.29 is 20.2 Å². The summed E-state index contributed by atoms with van der Waals surface area (Å²) in [5.41, 5.74) is 15.1. The van der Waals surface area contributed by atoms with Crippen molar-refractivity contribution in [3.05, 3.63) is 29.8 Å². The zero-order valence-corrected chi connectivity index (χ0v) is 12.7. The molecule has 0 fully saturated rings. The van der Waals surface area contributed by atoms with Gasteiger partial charge in [-0.25, -0.2) is 0 Å². The maximum Gasteiger partial charge on any atom is 0.237 e. The van der Waals surface area contributed by atoms with Gasteiger partial charge in [0.15, 0.2) is 0 Å². The standard InChI is InChI=1S/C14H22N2O3.H2N2/c1-14(2,9-17)12(15)13(18)16-8-10-4-6-11(19-3)7-5-10;1-2/h4-7,12,17H,8-9,15H2,1-3H3,(H,16,18);1-2H/p+1/t12-;/m1./s1. The van der Waals surface area contributed by atoms with Crippen LogP contribution in [0, 0.1) is 10.9 Å². The number of amides is 1. The molecule has 0 radical (unpaired) electrons. The Morgan fingerprint density at radius 1 is 1.43 bits per heavy atom. The van der Waals surface area contributed by atoms with Gasteiger partial charge in [0.25, 0.3) is 0 Å². The van der Waals surface area contributed by atoms with Gasteiger partial charge in [-0.05, 0) is 17.7 Å². The first-order chi connectivity index (χ1) is 9.90. The van der Waals surface area contributed by atoms with Gasteiger partial charge in [0, 0.05) is 12.0 Å². The largest absolute Gasteiger partial charge is 0.497 e. The highest BCUT2D eigenvalue weighted by atomic mass is 16.5. The van der Waals surface area contributed by atoms with Crippen LogP contribution in [0.15, 0.2) is 24.3 Å². The fraction of sp³-hybridized carbons (Fsp3) is 0.500. The van der Waals surface area contributed by atoms with E-state index >= 15 is 0 Å². The van der Waals surface area contributed by atoms with Gasteiger partial charge in [-0.3, -0.25) is 4.79 Å². The van der Waals surface area contributed by atoms with E-state index in [1.165, 1.54) is 0 Å². The van der Waals surface area contributed by atoms with E-state index in [-0.39, 0.29) is 12.5 Å². The van der Waals surface area contributed by atoms with Gasteiger partial charge < -0.3 is 20.9 Å². The average Bonchev–Trinajstić information content (AvgIpc) is 2.54. The van der Waals surface area contributed by atoms with Crippen LogP contribution in [0.2, 0.25) is 0 Å². The van der Waals surface area contributed by atoms with E-state index in [0.717, 1.165) is 11.3 Å². The molecule has 0 saturated heterocycles. The maximum absolute atomic E-state index is 11.9. The number of carbonyl (C=O) groups is 1. The summed E-state index contributed by atoms with van der Waals surface area (Å²) in [6, 6.07) is 6.68. The summed E-state index contributed by atoms with van der Waals surface area (Å²) in [6.07, 6.45) is 0. The average molecular weight is 297 g/mol. The fourth-order valence-electron chi connectivity index (χ4n) is 1.50. The van der Waals surface area contributed by atoms with Crippen LogP contribution in [0.4, 0.5) is 0 Å². The van der Waals surface area contributed by atoms with Gasteiger partial charge in [-0.15, -0.1) is 0 Å². The SMILES string of the molecule is COc1ccc(CNC(=O)[C@@H](N)C(C)(C)CO)cc1.N=[NH2+]. The van der Waals surface area contributed by atoms with Crippen molar-refractivity contribution in [3.8, 4) is 5.75 Å². The van der Waals surface area contributed by atoms with E-state index in [2.05, 4.69) is 10.8 Å². The third-order valence-electron chi connectivity index (χ3n) is 3.16. The van der Waals surface area contributed by atoms with Gasteiger partial charge in [-0.1, -0.05) is 31.5 Å². The minimum Gasteiger partial charge on any atom is -0.497 e. The zero-order valence-electron chi connectivity index (χ0n) is 12.7. The van der Waals surface area contributed by atoms with Crippen LogP contribution in [-0.4, -0.2) is 30.8 Å². The molecule has 0 aliphatic carbocycles. The normalized spacial score (nSPS) is 11.9. The summed E-state index contributed by atoms with van der Waals surface area (Å²) < 4.78 is 5.06. The number of nitrogens with one attached hydrogen (secondary N) is 2. The Balaban J connectivity index is 0.00000191. The third kappa shape index (κ3) is 5.88. The van der Waals surface area contributed by atoms with Crippen molar-refractivity contribution in [2.45, 2.75) is 26.4 Å². The molecule has 1 atom stereocenters. The summed E-state index contributed by atoms with van der Waals surface area (Å²) in [5, 5.41) is 11.9. The highest BCUT2D eigenvalue weighted by molar-refractivity contribution is 5.82.